The molecule has 0 saturated heterocycles. The molecule has 0 fully saturated rings. The molecule has 0 amide bonds. The van der Waals surface area contributed by atoms with Gasteiger partial charge in [0.15, 0.2) is 0 Å². The van der Waals surface area contributed by atoms with E-state index in [2.05, 4.69) is 0 Å². The van der Waals surface area contributed by atoms with Crippen LogP contribution in [0.3, 0.4) is 0 Å². The Kier molecular flexibility index (Phi) is 4.81. The van der Waals surface area contributed by atoms with Crippen molar-refractivity contribution < 1.29 is 9.47 Å². The van der Waals surface area contributed by atoms with Gasteiger partial charge in [-0.15, -0.1) is 0 Å². The Morgan fingerprint density at radius 3 is 2.73 bits per heavy atom. The number of ether oxygens (including phenoxy) is 2. The minimum absolute atomic E-state index is 0.300. The second-order valence-corrected chi connectivity index (χ2v) is 3.76. The van der Waals surface area contributed by atoms with E-state index in [4.69, 9.17) is 39.0 Å². The highest BCUT2D eigenvalue weighted by Gasteiger charge is 2.02. The molecule has 0 aliphatic carbocycles. The summed E-state index contributed by atoms with van der Waals surface area (Å²) in [6.07, 6.45) is 0. The van der Waals surface area contributed by atoms with Gasteiger partial charge in [0.1, 0.15) is 17.3 Å². The van der Waals surface area contributed by atoms with Crippen LogP contribution in [0.4, 0.5) is 0 Å². The van der Waals surface area contributed by atoms with Crippen LogP contribution in [0.1, 0.15) is 5.56 Å². The quantitative estimate of drug-likeness (QED) is 0.637. The fourth-order valence-electron chi connectivity index (χ4n) is 1.03. The molecule has 1 aromatic carbocycles. The number of benzene rings is 1. The number of rotatable bonds is 5. The second-order valence-electron chi connectivity index (χ2n) is 2.88. The number of methoxy groups -OCH3 is 1. The zero-order chi connectivity index (χ0) is 11.3. The van der Waals surface area contributed by atoms with Crippen molar-refractivity contribution in [2.75, 3.05) is 20.3 Å². The molecule has 0 aromatic heterocycles. The molecule has 0 unspecified atom stereocenters. The summed E-state index contributed by atoms with van der Waals surface area (Å²) >= 11 is 10.7. The summed E-state index contributed by atoms with van der Waals surface area (Å²) in [7, 11) is 1.61. The van der Waals surface area contributed by atoms with Crippen LogP contribution in [-0.4, -0.2) is 25.3 Å². The first kappa shape index (κ1) is 12.2. The highest BCUT2D eigenvalue weighted by molar-refractivity contribution is 7.80. The molecule has 15 heavy (non-hydrogen) atoms. The topological polar surface area (TPSA) is 44.5 Å². The van der Waals surface area contributed by atoms with Crippen LogP contribution in [0.5, 0.6) is 5.75 Å². The van der Waals surface area contributed by atoms with Crippen molar-refractivity contribution in [3.05, 3.63) is 28.8 Å². The summed E-state index contributed by atoms with van der Waals surface area (Å²) in [4.78, 5) is 0.300. The Bertz CT molecular complexity index is 357. The van der Waals surface area contributed by atoms with E-state index in [1.807, 2.05) is 0 Å². The maximum Gasteiger partial charge on any atom is 0.121 e. The Hall–Kier alpha value is -0.840. The van der Waals surface area contributed by atoms with Gasteiger partial charge < -0.3 is 15.2 Å². The first-order valence-electron chi connectivity index (χ1n) is 4.35. The predicted octanol–water partition coefficient (Wildman–Crippen LogP) is 2.00. The van der Waals surface area contributed by atoms with E-state index in [0.29, 0.717) is 34.5 Å². The molecule has 0 radical (unpaired) electrons. The molecule has 0 aliphatic rings. The van der Waals surface area contributed by atoms with Gasteiger partial charge in [0.25, 0.3) is 0 Å². The summed E-state index contributed by atoms with van der Waals surface area (Å²) < 4.78 is 10.3. The lowest BCUT2D eigenvalue weighted by atomic mass is 10.2. The van der Waals surface area contributed by atoms with E-state index in [-0.39, 0.29) is 0 Å². The highest BCUT2D eigenvalue weighted by Crippen LogP contribution is 2.20. The van der Waals surface area contributed by atoms with Crippen LogP contribution in [0.2, 0.25) is 5.02 Å². The van der Waals surface area contributed by atoms with Crippen LogP contribution in [0, 0.1) is 0 Å². The molecule has 0 atom stereocenters. The smallest absolute Gasteiger partial charge is 0.121 e. The lowest BCUT2D eigenvalue weighted by molar-refractivity contribution is 0.146. The average Bonchev–Trinajstić information content (AvgIpc) is 2.17. The summed E-state index contributed by atoms with van der Waals surface area (Å²) in [5, 5.41) is 0.549. The van der Waals surface area contributed by atoms with E-state index in [9.17, 15) is 0 Å². The summed E-state index contributed by atoms with van der Waals surface area (Å²) in [6, 6.07) is 5.16. The monoisotopic (exact) mass is 245 g/mol. The third kappa shape index (κ3) is 4.03. The number of hydrogen-bond acceptors (Lipinski definition) is 3. The van der Waals surface area contributed by atoms with E-state index in [1.165, 1.54) is 0 Å². The molecule has 0 heterocycles. The maximum absolute atomic E-state index is 5.88. The molecule has 0 saturated carbocycles. The minimum atomic E-state index is 0.300. The molecule has 1 rings (SSSR count). The molecule has 0 aliphatic heterocycles. The average molecular weight is 246 g/mol. The first-order chi connectivity index (χ1) is 7.13. The first-order valence-corrected chi connectivity index (χ1v) is 5.14. The Labute approximate surface area is 99.1 Å². The van der Waals surface area contributed by atoms with E-state index in [0.717, 1.165) is 0 Å². The van der Waals surface area contributed by atoms with Crippen molar-refractivity contribution in [2.45, 2.75) is 0 Å². The lowest BCUT2D eigenvalue weighted by Gasteiger charge is -2.07. The van der Waals surface area contributed by atoms with Crippen molar-refractivity contribution in [3.8, 4) is 5.75 Å². The molecule has 82 valence electrons. The standard InChI is InChI=1S/C10H12ClNO2S/c1-13-2-3-14-9-5-7(10(12)15)4-8(11)6-9/h4-6H,2-3H2,1H3,(H2,12,15). The summed E-state index contributed by atoms with van der Waals surface area (Å²) in [6.45, 7) is 0.989. The maximum atomic E-state index is 5.88. The second kappa shape index (κ2) is 5.90. The molecule has 1 aromatic rings. The van der Waals surface area contributed by atoms with Gasteiger partial charge in [0.05, 0.1) is 6.61 Å². The van der Waals surface area contributed by atoms with Crippen molar-refractivity contribution in [3.63, 3.8) is 0 Å². The van der Waals surface area contributed by atoms with Gasteiger partial charge in [-0.1, -0.05) is 23.8 Å². The van der Waals surface area contributed by atoms with E-state index in [1.54, 1.807) is 25.3 Å². The van der Waals surface area contributed by atoms with Crippen LogP contribution in [0.15, 0.2) is 18.2 Å². The number of hydrogen-bond donors (Lipinski definition) is 1. The third-order valence-corrected chi connectivity index (χ3v) is 2.17. The fraction of sp³-hybridized carbons (Fsp3) is 0.300. The number of halogens is 1. The molecular weight excluding hydrogens is 234 g/mol. The van der Waals surface area contributed by atoms with Crippen LogP contribution in [0.25, 0.3) is 0 Å². The number of nitrogens with two attached hydrogens (primary N) is 1. The Balaban J connectivity index is 2.75. The van der Waals surface area contributed by atoms with Crippen LogP contribution in [-0.2, 0) is 4.74 Å². The molecule has 0 spiro atoms. The van der Waals surface area contributed by atoms with Crippen molar-refractivity contribution in [2.24, 2.45) is 5.73 Å². The molecular formula is C10H12ClNO2S. The van der Waals surface area contributed by atoms with Gasteiger partial charge in [-0.25, -0.2) is 0 Å². The van der Waals surface area contributed by atoms with Gasteiger partial charge in [0, 0.05) is 17.7 Å². The predicted molar refractivity (Wildman–Crippen MR) is 64.7 cm³/mol. The van der Waals surface area contributed by atoms with Gasteiger partial charge in [0.2, 0.25) is 0 Å². The van der Waals surface area contributed by atoms with Crippen LogP contribution >= 0.6 is 23.8 Å². The zero-order valence-corrected chi connectivity index (χ0v) is 9.90. The van der Waals surface area contributed by atoms with Crippen molar-refractivity contribution >= 4 is 28.8 Å². The van der Waals surface area contributed by atoms with Gasteiger partial charge >= 0.3 is 0 Å². The Morgan fingerprint density at radius 1 is 1.40 bits per heavy atom. The third-order valence-electron chi connectivity index (χ3n) is 1.71. The molecule has 5 heteroatoms. The largest absolute Gasteiger partial charge is 0.491 e. The van der Waals surface area contributed by atoms with Crippen molar-refractivity contribution in [1.82, 2.24) is 0 Å². The molecule has 2 N–H and O–H groups in total. The van der Waals surface area contributed by atoms with E-state index >= 15 is 0 Å². The van der Waals surface area contributed by atoms with Gasteiger partial charge in [-0.3, -0.25) is 0 Å². The van der Waals surface area contributed by atoms with Gasteiger partial charge in [-0.2, -0.15) is 0 Å². The SMILES string of the molecule is COCCOc1cc(Cl)cc(C(N)=S)c1. The zero-order valence-electron chi connectivity index (χ0n) is 8.33. The number of thiocarbonyl (C=S) groups is 1. The summed E-state index contributed by atoms with van der Waals surface area (Å²) in [5.41, 5.74) is 6.20. The van der Waals surface area contributed by atoms with E-state index < -0.39 is 0 Å². The van der Waals surface area contributed by atoms with Gasteiger partial charge in [-0.05, 0) is 18.2 Å². The normalized spacial score (nSPS) is 10.0. The Morgan fingerprint density at radius 2 is 2.13 bits per heavy atom. The minimum Gasteiger partial charge on any atom is -0.491 e. The highest BCUT2D eigenvalue weighted by atomic mass is 35.5. The van der Waals surface area contributed by atoms with Crippen molar-refractivity contribution in [1.29, 1.82) is 0 Å². The fourth-order valence-corrected chi connectivity index (χ4v) is 1.37. The van der Waals surface area contributed by atoms with Crippen LogP contribution < -0.4 is 10.5 Å². The molecule has 3 nitrogen and oxygen atoms in total. The summed E-state index contributed by atoms with van der Waals surface area (Å²) in [5.74, 6) is 0.641. The lowest BCUT2D eigenvalue weighted by Crippen LogP contribution is -2.10. The molecule has 0 bridgehead atoms.